The van der Waals surface area contributed by atoms with Crippen molar-refractivity contribution in [1.82, 2.24) is 14.5 Å². The minimum Gasteiger partial charge on any atom is -0.466 e. The second-order valence-corrected chi connectivity index (χ2v) is 12.4. The van der Waals surface area contributed by atoms with Crippen LogP contribution in [0.5, 0.6) is 0 Å². The highest BCUT2D eigenvalue weighted by atomic mass is 16.6. The van der Waals surface area contributed by atoms with Crippen LogP contribution < -0.4 is 5.56 Å². The lowest BCUT2D eigenvalue weighted by Crippen LogP contribution is -2.62. The SMILES string of the molecule is CCOC(=O)CCC(=NOC)c1nc2ccccc2n(C2C[C@H]3COC[C@H](C2)N3C2CC3CCCCC(C3)C2)c1=O. The number of oxime groups is 1. The number of hydrogen-bond donors (Lipinski definition) is 0. The molecule has 4 bridgehead atoms. The highest BCUT2D eigenvalue weighted by molar-refractivity contribution is 6.00. The average Bonchev–Trinajstić information content (AvgIpc) is 3.13. The Kier molecular flexibility index (Phi) is 8.72. The zero-order chi connectivity index (χ0) is 28.3. The van der Waals surface area contributed by atoms with Crippen LogP contribution in [0.15, 0.2) is 34.2 Å². The number of para-hydroxylation sites is 2. The van der Waals surface area contributed by atoms with E-state index < -0.39 is 0 Å². The van der Waals surface area contributed by atoms with Gasteiger partial charge in [-0.2, -0.15) is 0 Å². The molecule has 0 amide bonds. The van der Waals surface area contributed by atoms with Gasteiger partial charge < -0.3 is 18.9 Å². The number of nitrogens with zero attached hydrogens (tertiary/aromatic N) is 4. The molecule has 2 aromatic rings. The van der Waals surface area contributed by atoms with Gasteiger partial charge in [0.05, 0.1) is 37.3 Å². The Labute approximate surface area is 242 Å². The van der Waals surface area contributed by atoms with Gasteiger partial charge in [-0.3, -0.25) is 14.5 Å². The summed E-state index contributed by atoms with van der Waals surface area (Å²) in [6.45, 7) is 3.53. The summed E-state index contributed by atoms with van der Waals surface area (Å²) >= 11 is 0. The molecule has 2 saturated heterocycles. The Hall–Kier alpha value is -2.78. The maximum absolute atomic E-state index is 14.2. The van der Waals surface area contributed by atoms with Gasteiger partial charge in [0.15, 0.2) is 5.69 Å². The maximum Gasteiger partial charge on any atom is 0.306 e. The van der Waals surface area contributed by atoms with E-state index in [9.17, 15) is 9.59 Å². The summed E-state index contributed by atoms with van der Waals surface area (Å²) in [5.41, 5.74) is 2.02. The van der Waals surface area contributed by atoms with Crippen molar-refractivity contribution in [3.63, 3.8) is 0 Å². The Balaban J connectivity index is 1.32. The second kappa shape index (κ2) is 12.6. The Morgan fingerprint density at radius 3 is 2.37 bits per heavy atom. The minimum atomic E-state index is -0.333. The first-order valence-electron chi connectivity index (χ1n) is 15.7. The van der Waals surface area contributed by atoms with E-state index in [4.69, 9.17) is 19.3 Å². The number of carbonyl (C=O) groups is 1. The number of rotatable bonds is 8. The molecule has 2 aliphatic heterocycles. The molecule has 1 aromatic carbocycles. The number of carbonyl (C=O) groups excluding carboxylic acids is 1. The smallest absolute Gasteiger partial charge is 0.306 e. The number of piperidine rings is 1. The molecule has 4 aliphatic rings. The van der Waals surface area contributed by atoms with Crippen LogP contribution in [-0.2, 0) is 19.1 Å². The van der Waals surface area contributed by atoms with Gasteiger partial charge in [0.2, 0.25) is 0 Å². The van der Waals surface area contributed by atoms with Gasteiger partial charge in [-0.05, 0) is 63.0 Å². The summed E-state index contributed by atoms with van der Waals surface area (Å²) in [4.78, 5) is 39.0. The van der Waals surface area contributed by atoms with E-state index in [1.165, 1.54) is 52.1 Å². The molecule has 6 rings (SSSR count). The van der Waals surface area contributed by atoms with Crippen molar-refractivity contribution in [3.05, 3.63) is 40.3 Å². The topological polar surface area (TPSA) is 95.2 Å². The number of morpholine rings is 1. The summed E-state index contributed by atoms with van der Waals surface area (Å²) < 4.78 is 13.2. The Bertz CT molecular complexity index is 1300. The monoisotopic (exact) mass is 564 g/mol. The lowest BCUT2D eigenvalue weighted by molar-refractivity contribution is -0.142. The van der Waals surface area contributed by atoms with E-state index >= 15 is 0 Å². The van der Waals surface area contributed by atoms with E-state index in [0.717, 1.165) is 48.9 Å². The molecule has 1 aromatic heterocycles. The van der Waals surface area contributed by atoms with Gasteiger partial charge >= 0.3 is 5.97 Å². The van der Waals surface area contributed by atoms with Crippen molar-refractivity contribution >= 4 is 22.7 Å². The van der Waals surface area contributed by atoms with Gasteiger partial charge in [0.1, 0.15) is 12.8 Å². The lowest BCUT2D eigenvalue weighted by atomic mass is 9.75. The van der Waals surface area contributed by atoms with Crippen LogP contribution in [-0.4, -0.2) is 71.2 Å². The standard InChI is InChI=1S/C32H44N4O5/c1-3-41-30(37)13-12-28(34-39-2)31-32(38)36(29-11-7-6-10-27(29)33-31)24-17-25-19-40-20-26(18-24)35(25)23-15-21-8-4-5-9-22(14-21)16-23/h6-7,10-11,21-26H,3-5,8-9,12-20H2,1-2H3/t21?,22?,23?,25-,26-/m0/s1. The highest BCUT2D eigenvalue weighted by Gasteiger charge is 2.46. The molecule has 2 saturated carbocycles. The molecule has 0 spiro atoms. The summed E-state index contributed by atoms with van der Waals surface area (Å²) in [7, 11) is 1.45. The van der Waals surface area contributed by atoms with Crippen LogP contribution >= 0.6 is 0 Å². The molecule has 41 heavy (non-hydrogen) atoms. The first-order valence-corrected chi connectivity index (χ1v) is 15.7. The molecule has 4 atom stereocenters. The van der Waals surface area contributed by atoms with Crippen molar-refractivity contribution in [2.75, 3.05) is 26.9 Å². The van der Waals surface area contributed by atoms with Crippen LogP contribution in [0.3, 0.4) is 0 Å². The first-order chi connectivity index (χ1) is 20.1. The van der Waals surface area contributed by atoms with Crippen molar-refractivity contribution in [3.8, 4) is 0 Å². The van der Waals surface area contributed by atoms with Crippen molar-refractivity contribution < 1.29 is 19.1 Å². The fourth-order valence-corrected chi connectivity index (χ4v) is 8.31. The number of esters is 1. The molecule has 9 heteroatoms. The first kappa shape index (κ1) is 28.3. The van der Waals surface area contributed by atoms with Gasteiger partial charge in [-0.15, -0.1) is 0 Å². The molecule has 0 N–H and O–H groups in total. The van der Waals surface area contributed by atoms with Crippen molar-refractivity contribution in [2.24, 2.45) is 17.0 Å². The fraction of sp³-hybridized carbons (Fsp3) is 0.688. The summed E-state index contributed by atoms with van der Waals surface area (Å²) in [5, 5.41) is 4.15. The van der Waals surface area contributed by atoms with Gasteiger partial charge in [0.25, 0.3) is 5.56 Å². The van der Waals surface area contributed by atoms with E-state index in [-0.39, 0.29) is 36.1 Å². The van der Waals surface area contributed by atoms with Crippen LogP contribution in [0.2, 0.25) is 0 Å². The van der Waals surface area contributed by atoms with Crippen molar-refractivity contribution in [2.45, 2.75) is 102 Å². The molecule has 0 radical (unpaired) electrons. The quantitative estimate of drug-likeness (QED) is 0.257. The van der Waals surface area contributed by atoms with E-state index in [2.05, 4.69) is 10.1 Å². The Morgan fingerprint density at radius 1 is 0.976 bits per heavy atom. The van der Waals surface area contributed by atoms with Crippen molar-refractivity contribution in [1.29, 1.82) is 0 Å². The number of hydrogen-bond acceptors (Lipinski definition) is 8. The van der Waals surface area contributed by atoms with Crippen LogP contribution in [0, 0.1) is 11.8 Å². The zero-order valence-corrected chi connectivity index (χ0v) is 24.5. The predicted molar refractivity (Wildman–Crippen MR) is 157 cm³/mol. The fourth-order valence-electron chi connectivity index (χ4n) is 8.31. The van der Waals surface area contributed by atoms with Gasteiger partial charge in [-0.1, -0.05) is 43.0 Å². The van der Waals surface area contributed by atoms with Crippen LogP contribution in [0.1, 0.15) is 89.3 Å². The third-order valence-electron chi connectivity index (χ3n) is 9.83. The third-order valence-corrected chi connectivity index (χ3v) is 9.83. The molecule has 9 nitrogen and oxygen atoms in total. The van der Waals surface area contributed by atoms with Crippen LogP contribution in [0.25, 0.3) is 11.0 Å². The summed E-state index contributed by atoms with van der Waals surface area (Å²) in [6, 6.07) is 9.09. The van der Waals surface area contributed by atoms with E-state index in [1.54, 1.807) is 6.92 Å². The predicted octanol–water partition coefficient (Wildman–Crippen LogP) is 4.85. The molecule has 2 unspecified atom stereocenters. The van der Waals surface area contributed by atoms with E-state index in [0.29, 0.717) is 30.4 Å². The molecular weight excluding hydrogens is 520 g/mol. The maximum atomic E-state index is 14.2. The number of ether oxygens (including phenoxy) is 2. The second-order valence-electron chi connectivity index (χ2n) is 12.4. The largest absolute Gasteiger partial charge is 0.466 e. The molecule has 2 aliphatic carbocycles. The number of benzene rings is 1. The van der Waals surface area contributed by atoms with Gasteiger partial charge in [-0.25, -0.2) is 4.98 Å². The van der Waals surface area contributed by atoms with E-state index in [1.807, 2.05) is 28.8 Å². The highest BCUT2D eigenvalue weighted by Crippen LogP contribution is 2.44. The minimum absolute atomic E-state index is 0.0315. The van der Waals surface area contributed by atoms with Crippen LogP contribution in [0.4, 0.5) is 0 Å². The normalized spacial score (nSPS) is 30.5. The number of fused-ring (bicyclic) bond motifs is 5. The summed E-state index contributed by atoms with van der Waals surface area (Å²) in [6.07, 6.45) is 11.7. The lowest BCUT2D eigenvalue weighted by Gasteiger charge is -2.54. The average molecular weight is 565 g/mol. The zero-order valence-electron chi connectivity index (χ0n) is 24.5. The Morgan fingerprint density at radius 2 is 1.68 bits per heavy atom. The van der Waals surface area contributed by atoms with Gasteiger partial charge in [0, 0.05) is 30.6 Å². The third kappa shape index (κ3) is 5.93. The molecular formula is C32H44N4O5. The molecule has 4 fully saturated rings. The number of aromatic nitrogens is 2. The summed E-state index contributed by atoms with van der Waals surface area (Å²) in [5.74, 6) is 1.39. The molecule has 3 heterocycles. The molecule has 222 valence electrons.